The van der Waals surface area contributed by atoms with Crippen molar-refractivity contribution in [3.05, 3.63) is 59.1 Å². The molecule has 2 aromatic carbocycles. The second-order valence-corrected chi connectivity index (χ2v) is 7.91. The van der Waals surface area contributed by atoms with Crippen LogP contribution in [0.15, 0.2) is 64.0 Å². The van der Waals surface area contributed by atoms with Crippen LogP contribution in [0.3, 0.4) is 0 Å². The lowest BCUT2D eigenvalue weighted by atomic mass is 10.3. The molecule has 7 heteroatoms. The molecule has 23 heavy (non-hydrogen) atoms. The van der Waals surface area contributed by atoms with Crippen molar-refractivity contribution in [3.8, 4) is 0 Å². The molecule has 0 saturated heterocycles. The SMILES string of the molecule is CN(CCC(=O)Nc1ccc(Br)cc1)S(=O)(=O)c1ccccc1. The van der Waals surface area contributed by atoms with E-state index in [1.165, 1.54) is 23.5 Å². The molecule has 0 aliphatic heterocycles. The summed E-state index contributed by atoms with van der Waals surface area (Å²) in [7, 11) is -2.10. The number of anilines is 1. The number of nitrogens with one attached hydrogen (secondary N) is 1. The van der Waals surface area contributed by atoms with Gasteiger partial charge in [0.2, 0.25) is 15.9 Å². The first kappa shape index (κ1) is 17.7. The molecule has 5 nitrogen and oxygen atoms in total. The number of carbonyl (C=O) groups excluding carboxylic acids is 1. The normalized spacial score (nSPS) is 11.4. The van der Waals surface area contributed by atoms with Crippen LogP contribution < -0.4 is 5.32 Å². The van der Waals surface area contributed by atoms with Crippen molar-refractivity contribution in [1.29, 1.82) is 0 Å². The molecule has 0 bridgehead atoms. The number of nitrogens with zero attached hydrogens (tertiary/aromatic N) is 1. The lowest BCUT2D eigenvalue weighted by Gasteiger charge is -2.17. The highest BCUT2D eigenvalue weighted by atomic mass is 79.9. The molecule has 0 spiro atoms. The molecule has 1 N–H and O–H groups in total. The van der Waals surface area contributed by atoms with Gasteiger partial charge in [-0.05, 0) is 36.4 Å². The first-order valence-corrected chi connectivity index (χ1v) is 9.20. The van der Waals surface area contributed by atoms with Crippen molar-refractivity contribution in [2.45, 2.75) is 11.3 Å². The molecular weight excluding hydrogens is 380 g/mol. The van der Waals surface area contributed by atoms with Gasteiger partial charge in [-0.25, -0.2) is 12.7 Å². The molecule has 1 amide bonds. The predicted molar refractivity (Wildman–Crippen MR) is 93.6 cm³/mol. The van der Waals surface area contributed by atoms with E-state index in [0.717, 1.165) is 4.47 Å². The standard InChI is InChI=1S/C16H17BrN2O3S/c1-19(23(21,22)15-5-3-2-4-6-15)12-11-16(20)18-14-9-7-13(17)8-10-14/h2-10H,11-12H2,1H3,(H,18,20). The molecule has 2 rings (SSSR count). The van der Waals surface area contributed by atoms with Gasteiger partial charge in [0, 0.05) is 30.2 Å². The summed E-state index contributed by atoms with van der Waals surface area (Å²) in [5, 5.41) is 2.73. The Morgan fingerprint density at radius 2 is 1.70 bits per heavy atom. The van der Waals surface area contributed by atoms with Gasteiger partial charge in [0.15, 0.2) is 0 Å². The largest absolute Gasteiger partial charge is 0.326 e. The van der Waals surface area contributed by atoms with Crippen LogP contribution in [0.1, 0.15) is 6.42 Å². The Labute approximate surface area is 144 Å². The van der Waals surface area contributed by atoms with E-state index in [1.807, 2.05) is 12.1 Å². The van der Waals surface area contributed by atoms with Gasteiger partial charge in [-0.15, -0.1) is 0 Å². The first-order chi connectivity index (χ1) is 10.9. The van der Waals surface area contributed by atoms with E-state index in [-0.39, 0.29) is 23.8 Å². The summed E-state index contributed by atoms with van der Waals surface area (Å²) in [5.41, 5.74) is 0.673. The van der Waals surface area contributed by atoms with Gasteiger partial charge in [0.25, 0.3) is 0 Å². The molecule has 0 aliphatic carbocycles. The fourth-order valence-corrected chi connectivity index (χ4v) is 3.37. The van der Waals surface area contributed by atoms with Gasteiger partial charge >= 0.3 is 0 Å². The summed E-state index contributed by atoms with van der Waals surface area (Å²) in [6.45, 7) is 0.111. The van der Waals surface area contributed by atoms with Crippen molar-refractivity contribution in [2.75, 3.05) is 18.9 Å². The average molecular weight is 397 g/mol. The van der Waals surface area contributed by atoms with Crippen molar-refractivity contribution in [3.63, 3.8) is 0 Å². The van der Waals surface area contributed by atoms with Crippen LogP contribution in [-0.2, 0) is 14.8 Å². The topological polar surface area (TPSA) is 66.5 Å². The average Bonchev–Trinajstić information content (AvgIpc) is 2.55. The predicted octanol–water partition coefficient (Wildman–Crippen LogP) is 3.10. The molecule has 0 heterocycles. The van der Waals surface area contributed by atoms with Gasteiger partial charge in [-0.1, -0.05) is 34.1 Å². The van der Waals surface area contributed by atoms with E-state index in [2.05, 4.69) is 21.2 Å². The number of amides is 1. The second kappa shape index (κ2) is 7.72. The Kier molecular flexibility index (Phi) is 5.92. The molecular formula is C16H17BrN2O3S. The third kappa shape index (κ3) is 4.89. The fourth-order valence-electron chi connectivity index (χ4n) is 1.91. The van der Waals surface area contributed by atoms with Crippen molar-refractivity contribution in [2.24, 2.45) is 0 Å². The second-order valence-electron chi connectivity index (χ2n) is 4.94. The van der Waals surface area contributed by atoms with Crippen LogP contribution in [0.25, 0.3) is 0 Å². The molecule has 0 radical (unpaired) electrons. The molecule has 0 atom stereocenters. The van der Waals surface area contributed by atoms with Gasteiger partial charge in [0.05, 0.1) is 4.90 Å². The van der Waals surface area contributed by atoms with E-state index in [1.54, 1.807) is 30.3 Å². The zero-order chi connectivity index (χ0) is 16.9. The van der Waals surface area contributed by atoms with Gasteiger partial charge < -0.3 is 5.32 Å². The third-order valence-electron chi connectivity index (χ3n) is 3.23. The Bertz CT molecular complexity index is 762. The van der Waals surface area contributed by atoms with Crippen LogP contribution in [0, 0.1) is 0 Å². The molecule has 0 aliphatic rings. The zero-order valence-electron chi connectivity index (χ0n) is 12.6. The summed E-state index contributed by atoms with van der Waals surface area (Å²) in [6.07, 6.45) is 0.0820. The summed E-state index contributed by atoms with van der Waals surface area (Å²) in [5.74, 6) is -0.234. The Morgan fingerprint density at radius 1 is 1.09 bits per heavy atom. The van der Waals surface area contributed by atoms with Crippen LogP contribution in [0.5, 0.6) is 0 Å². The van der Waals surface area contributed by atoms with E-state index in [0.29, 0.717) is 5.69 Å². The highest BCUT2D eigenvalue weighted by molar-refractivity contribution is 9.10. The maximum Gasteiger partial charge on any atom is 0.242 e. The molecule has 0 saturated carbocycles. The van der Waals surface area contributed by atoms with E-state index < -0.39 is 10.0 Å². The maximum absolute atomic E-state index is 12.3. The maximum atomic E-state index is 12.3. The minimum absolute atomic E-state index is 0.0820. The van der Waals surface area contributed by atoms with E-state index in [9.17, 15) is 13.2 Å². The summed E-state index contributed by atoms with van der Waals surface area (Å²) >= 11 is 3.32. The molecule has 2 aromatic rings. The Balaban J connectivity index is 1.92. The van der Waals surface area contributed by atoms with E-state index in [4.69, 9.17) is 0 Å². The van der Waals surface area contributed by atoms with Crippen molar-refractivity contribution in [1.82, 2.24) is 4.31 Å². The Morgan fingerprint density at radius 3 is 2.30 bits per heavy atom. The number of rotatable bonds is 6. The Hall–Kier alpha value is -1.70. The van der Waals surface area contributed by atoms with Crippen LogP contribution in [0.2, 0.25) is 0 Å². The van der Waals surface area contributed by atoms with E-state index >= 15 is 0 Å². The highest BCUT2D eigenvalue weighted by Crippen LogP contribution is 2.15. The molecule has 0 fully saturated rings. The van der Waals surface area contributed by atoms with Gasteiger partial charge in [-0.3, -0.25) is 4.79 Å². The van der Waals surface area contributed by atoms with Crippen molar-refractivity contribution >= 4 is 37.5 Å². The lowest BCUT2D eigenvalue weighted by Crippen LogP contribution is -2.30. The van der Waals surface area contributed by atoms with Gasteiger partial charge in [-0.2, -0.15) is 0 Å². The summed E-state index contributed by atoms with van der Waals surface area (Å²) < 4.78 is 26.8. The molecule has 0 unspecified atom stereocenters. The summed E-state index contributed by atoms with van der Waals surface area (Å²) in [4.78, 5) is 12.1. The van der Waals surface area contributed by atoms with Crippen LogP contribution in [-0.4, -0.2) is 32.2 Å². The quantitative estimate of drug-likeness (QED) is 0.815. The minimum Gasteiger partial charge on any atom is -0.326 e. The van der Waals surface area contributed by atoms with Gasteiger partial charge in [0.1, 0.15) is 0 Å². The summed E-state index contributed by atoms with van der Waals surface area (Å²) in [6, 6.07) is 15.3. The highest BCUT2D eigenvalue weighted by Gasteiger charge is 2.20. The molecule has 0 aromatic heterocycles. The van der Waals surface area contributed by atoms with Crippen LogP contribution in [0.4, 0.5) is 5.69 Å². The number of hydrogen-bond donors (Lipinski definition) is 1. The monoisotopic (exact) mass is 396 g/mol. The lowest BCUT2D eigenvalue weighted by molar-refractivity contribution is -0.116. The number of sulfonamides is 1. The number of benzene rings is 2. The smallest absolute Gasteiger partial charge is 0.242 e. The minimum atomic E-state index is -3.57. The molecule has 122 valence electrons. The number of hydrogen-bond acceptors (Lipinski definition) is 3. The van der Waals surface area contributed by atoms with Crippen LogP contribution >= 0.6 is 15.9 Å². The number of halogens is 1. The third-order valence-corrected chi connectivity index (χ3v) is 5.63. The number of carbonyl (C=O) groups is 1. The first-order valence-electron chi connectivity index (χ1n) is 6.96. The fraction of sp³-hybridized carbons (Fsp3) is 0.188. The zero-order valence-corrected chi connectivity index (χ0v) is 15.0. The van der Waals surface area contributed by atoms with Crippen molar-refractivity contribution < 1.29 is 13.2 Å².